The average Bonchev–Trinajstić information content (AvgIpc) is 3.56. The Morgan fingerprint density at radius 1 is 0.776 bits per heavy atom. The van der Waals surface area contributed by atoms with Gasteiger partial charge in [0.25, 0.3) is 11.8 Å². The monoisotopic (exact) mass is 672 g/mol. The number of hydrogen-bond acceptors (Lipinski definition) is 13. The zero-order chi connectivity index (χ0) is 35.2. The molecule has 0 saturated carbocycles. The molecular formula is C29H22F2N12O6. The molecule has 20 heteroatoms. The van der Waals surface area contributed by atoms with Crippen molar-refractivity contribution in [2.24, 2.45) is 5.73 Å². The second kappa shape index (κ2) is 14.1. The Labute approximate surface area is 272 Å². The molecule has 18 nitrogen and oxygen atoms in total. The number of carboxylic acids is 2. The van der Waals surface area contributed by atoms with Gasteiger partial charge < -0.3 is 32.0 Å². The number of anilines is 2. The van der Waals surface area contributed by atoms with E-state index in [1.54, 1.807) is 0 Å². The first-order chi connectivity index (χ1) is 23.5. The van der Waals surface area contributed by atoms with E-state index in [-0.39, 0.29) is 70.1 Å². The first-order valence-electron chi connectivity index (χ1n) is 13.9. The van der Waals surface area contributed by atoms with Crippen LogP contribution in [0.5, 0.6) is 0 Å². The lowest BCUT2D eigenvalue weighted by molar-refractivity contribution is 0.0686. The van der Waals surface area contributed by atoms with Gasteiger partial charge in [-0.15, -0.1) is 20.4 Å². The van der Waals surface area contributed by atoms with E-state index < -0.39 is 46.5 Å². The van der Waals surface area contributed by atoms with Gasteiger partial charge in [-0.1, -0.05) is 4.63 Å². The number of carbonyl (C=O) groups excluding carboxylic acids is 2. The summed E-state index contributed by atoms with van der Waals surface area (Å²) in [6.07, 6.45) is 2.01. The minimum Gasteiger partial charge on any atom is -0.478 e. The number of carbonyl (C=O) groups is 4. The van der Waals surface area contributed by atoms with Crippen molar-refractivity contribution < 1.29 is 38.2 Å². The van der Waals surface area contributed by atoms with Crippen molar-refractivity contribution in [3.8, 4) is 0 Å². The van der Waals surface area contributed by atoms with Gasteiger partial charge >= 0.3 is 11.9 Å². The SMILES string of the molecule is N=C/C(=C\N)c1ccc(C(=O)Nc2cc(CCCc3cc(NC(=O)c4cc5nnnn5nn4)c(C(=O)O)cc3F)c(F)cc2C(=O)O)nn1. The van der Waals surface area contributed by atoms with E-state index in [0.29, 0.717) is 0 Å². The molecule has 49 heavy (non-hydrogen) atoms. The Morgan fingerprint density at radius 3 is 1.84 bits per heavy atom. The fourth-order valence-electron chi connectivity index (χ4n) is 4.53. The quantitative estimate of drug-likeness (QED) is 0.103. The summed E-state index contributed by atoms with van der Waals surface area (Å²) in [7, 11) is 0. The Balaban J connectivity index is 1.32. The number of nitrogens with one attached hydrogen (secondary N) is 3. The van der Waals surface area contributed by atoms with Crippen molar-refractivity contribution >= 4 is 52.6 Å². The summed E-state index contributed by atoms with van der Waals surface area (Å²) in [5.41, 5.74) is 3.89. The third-order valence-corrected chi connectivity index (χ3v) is 6.96. The highest BCUT2D eigenvalue weighted by molar-refractivity contribution is 6.09. The lowest BCUT2D eigenvalue weighted by Gasteiger charge is -2.13. The third-order valence-electron chi connectivity index (χ3n) is 6.96. The van der Waals surface area contributed by atoms with Crippen LogP contribution in [0.25, 0.3) is 11.2 Å². The van der Waals surface area contributed by atoms with Gasteiger partial charge in [0.2, 0.25) is 5.65 Å². The van der Waals surface area contributed by atoms with Crippen molar-refractivity contribution in [3.05, 3.63) is 99.6 Å². The van der Waals surface area contributed by atoms with Crippen LogP contribution in [-0.2, 0) is 12.8 Å². The highest BCUT2D eigenvalue weighted by Crippen LogP contribution is 2.26. The van der Waals surface area contributed by atoms with Crippen molar-refractivity contribution in [1.82, 2.24) is 40.7 Å². The van der Waals surface area contributed by atoms with Gasteiger partial charge in [0, 0.05) is 24.1 Å². The van der Waals surface area contributed by atoms with E-state index in [2.05, 4.69) is 46.7 Å². The van der Waals surface area contributed by atoms with Gasteiger partial charge in [0.15, 0.2) is 11.4 Å². The van der Waals surface area contributed by atoms with Gasteiger partial charge in [0.1, 0.15) is 11.6 Å². The molecule has 0 aliphatic heterocycles. The summed E-state index contributed by atoms with van der Waals surface area (Å²) in [5.74, 6) is -6.58. The molecule has 248 valence electrons. The molecule has 5 rings (SSSR count). The van der Waals surface area contributed by atoms with E-state index in [1.807, 2.05) is 0 Å². The Morgan fingerprint density at radius 2 is 1.33 bits per heavy atom. The number of tetrazole rings is 1. The number of rotatable bonds is 12. The van der Waals surface area contributed by atoms with Crippen LogP contribution in [0.4, 0.5) is 20.2 Å². The van der Waals surface area contributed by atoms with E-state index in [4.69, 9.17) is 11.1 Å². The molecule has 0 atom stereocenters. The number of nitrogens with zero attached hydrogens (tertiary/aromatic N) is 8. The third kappa shape index (κ3) is 7.32. The summed E-state index contributed by atoms with van der Waals surface area (Å²) in [5, 5.41) is 56.7. The molecule has 2 amide bonds. The van der Waals surface area contributed by atoms with Gasteiger partial charge in [-0.05, 0) is 82.4 Å². The number of nitrogens with two attached hydrogens (primary N) is 1. The number of amides is 2. The van der Waals surface area contributed by atoms with E-state index in [9.17, 15) is 38.2 Å². The number of aryl methyl sites for hydroxylation is 2. The minimum absolute atomic E-state index is 0.0153. The number of carboxylic acid groups (broad SMARTS) is 2. The summed E-state index contributed by atoms with van der Waals surface area (Å²) in [6, 6.07) is 7.56. The van der Waals surface area contributed by atoms with Crippen LogP contribution < -0.4 is 16.4 Å². The molecule has 0 unspecified atom stereocenters. The molecule has 3 heterocycles. The lowest BCUT2D eigenvalue weighted by atomic mass is 9.99. The van der Waals surface area contributed by atoms with Crippen LogP contribution in [0.3, 0.4) is 0 Å². The van der Waals surface area contributed by atoms with Crippen LogP contribution in [0.1, 0.15) is 64.9 Å². The van der Waals surface area contributed by atoms with Crippen LogP contribution in [-0.4, -0.2) is 80.8 Å². The molecule has 0 bridgehead atoms. The molecular weight excluding hydrogens is 650 g/mol. The molecule has 0 fully saturated rings. The molecule has 0 spiro atoms. The number of aromatic nitrogens is 8. The molecule has 5 aromatic rings. The fourth-order valence-corrected chi connectivity index (χ4v) is 4.53. The van der Waals surface area contributed by atoms with Gasteiger partial charge in [-0.3, -0.25) is 9.59 Å². The maximum absolute atomic E-state index is 15.0. The average molecular weight is 673 g/mol. The summed E-state index contributed by atoms with van der Waals surface area (Å²) < 4.78 is 30.9. The highest BCUT2D eigenvalue weighted by atomic mass is 19.1. The zero-order valence-electron chi connectivity index (χ0n) is 24.8. The summed E-state index contributed by atoms with van der Waals surface area (Å²) in [6.45, 7) is 0. The summed E-state index contributed by atoms with van der Waals surface area (Å²) in [4.78, 5) is 49.3. The van der Waals surface area contributed by atoms with Crippen molar-refractivity contribution in [1.29, 1.82) is 5.41 Å². The Hall–Kier alpha value is -7.12. The van der Waals surface area contributed by atoms with Crippen molar-refractivity contribution in [2.45, 2.75) is 19.3 Å². The number of benzene rings is 2. The molecule has 0 aliphatic rings. The fraction of sp³-hybridized carbons (Fsp3) is 0.103. The summed E-state index contributed by atoms with van der Waals surface area (Å²) >= 11 is 0. The van der Waals surface area contributed by atoms with Gasteiger partial charge in [-0.2, -0.15) is 0 Å². The first-order valence-corrected chi connectivity index (χ1v) is 13.9. The van der Waals surface area contributed by atoms with Crippen LogP contribution >= 0.6 is 0 Å². The number of halogens is 2. The minimum atomic E-state index is -1.52. The standard InChI is InChI=1S/C29H22F2N12O6/c30-18-8-16(28(46)47)22(34-26(44)21-5-4-20(36-37-21)15(11-32)12-33)6-13(18)2-1-3-14-7-23(17(29(48)49)9-19(14)31)35-27(45)24-10-25-39-40-42-43(25)41-38-24/h4-12,32H,1-3,33H2,(H,34,44)(H,35,45)(H,46,47)(H,48,49)/b15-12+,32-11?. The van der Waals surface area contributed by atoms with Crippen LogP contribution in [0.15, 0.2) is 48.7 Å². The lowest BCUT2D eigenvalue weighted by Crippen LogP contribution is -2.18. The maximum atomic E-state index is 15.0. The Bertz CT molecular complexity index is 2170. The molecule has 3 aromatic heterocycles. The van der Waals surface area contributed by atoms with Crippen molar-refractivity contribution in [2.75, 3.05) is 10.6 Å². The maximum Gasteiger partial charge on any atom is 0.337 e. The number of hydrogen-bond donors (Lipinski definition) is 6. The highest BCUT2D eigenvalue weighted by Gasteiger charge is 2.21. The zero-order valence-corrected chi connectivity index (χ0v) is 24.8. The molecule has 7 N–H and O–H groups in total. The molecule has 0 aliphatic carbocycles. The first kappa shape index (κ1) is 33.2. The smallest absolute Gasteiger partial charge is 0.337 e. The van der Waals surface area contributed by atoms with E-state index in [0.717, 1.165) is 41.3 Å². The number of allylic oxidation sites excluding steroid dienone is 1. The van der Waals surface area contributed by atoms with Crippen molar-refractivity contribution in [3.63, 3.8) is 0 Å². The van der Waals surface area contributed by atoms with Gasteiger partial charge in [-0.25, -0.2) is 18.4 Å². The topological polar surface area (TPSA) is 277 Å². The second-order valence-electron chi connectivity index (χ2n) is 10.1. The molecule has 0 saturated heterocycles. The van der Waals surface area contributed by atoms with E-state index >= 15 is 0 Å². The number of aromatic carboxylic acids is 2. The molecule has 0 radical (unpaired) electrons. The van der Waals surface area contributed by atoms with Crippen LogP contribution in [0.2, 0.25) is 0 Å². The van der Waals surface area contributed by atoms with Gasteiger partial charge in [0.05, 0.1) is 28.2 Å². The normalized spacial score (nSPS) is 11.3. The number of fused-ring (bicyclic) bond motifs is 1. The Kier molecular flexibility index (Phi) is 9.57. The van der Waals surface area contributed by atoms with E-state index in [1.165, 1.54) is 18.2 Å². The second-order valence-corrected chi connectivity index (χ2v) is 10.1. The molecule has 2 aromatic carbocycles. The predicted molar refractivity (Wildman–Crippen MR) is 164 cm³/mol. The van der Waals surface area contributed by atoms with Crippen LogP contribution in [0, 0.1) is 17.0 Å². The largest absolute Gasteiger partial charge is 0.478 e. The predicted octanol–water partition coefficient (Wildman–Crippen LogP) is 2.01.